The van der Waals surface area contributed by atoms with Gasteiger partial charge in [0.2, 0.25) is 0 Å². The molecule has 1 amide bonds. The molecule has 3 heterocycles. The van der Waals surface area contributed by atoms with E-state index in [9.17, 15) is 9.59 Å². The molecule has 0 fully saturated rings. The average molecular weight is 379 g/mol. The fourth-order valence-corrected chi connectivity index (χ4v) is 3.27. The zero-order valence-corrected chi connectivity index (χ0v) is 14.7. The smallest absolute Gasteiger partial charge is 0.355 e. The highest BCUT2D eigenvalue weighted by molar-refractivity contribution is 7.09. The minimum absolute atomic E-state index is 0.0253. The molecule has 1 aromatic carbocycles. The van der Waals surface area contributed by atoms with E-state index in [-0.39, 0.29) is 18.1 Å². The summed E-state index contributed by atoms with van der Waals surface area (Å²) in [5.74, 6) is -0.738. The molecule has 0 bridgehead atoms. The molecule has 0 saturated carbocycles. The zero-order chi connectivity index (χ0) is 18.8. The number of pyridine rings is 1. The van der Waals surface area contributed by atoms with Crippen molar-refractivity contribution in [1.29, 1.82) is 0 Å². The third kappa shape index (κ3) is 3.40. The van der Waals surface area contributed by atoms with E-state index in [1.165, 1.54) is 16.7 Å². The van der Waals surface area contributed by atoms with Gasteiger partial charge in [0.1, 0.15) is 5.01 Å². The largest absolute Gasteiger partial charge is 0.476 e. The van der Waals surface area contributed by atoms with Crippen LogP contribution in [0.25, 0.3) is 17.0 Å². The molecule has 2 N–H and O–H groups in total. The average Bonchev–Trinajstić information content (AvgIpc) is 3.33. The number of aromatic nitrogens is 4. The lowest BCUT2D eigenvalue weighted by Gasteiger charge is -2.05. The monoisotopic (exact) mass is 379 g/mol. The number of amides is 1. The SMILES string of the molecule is O=C(NCc1nc(C(=O)O)cs1)c1ccc2nnc(-c3ccccc3)n2c1. The molecule has 0 aliphatic carbocycles. The van der Waals surface area contributed by atoms with Gasteiger partial charge in [0.05, 0.1) is 12.1 Å². The number of benzene rings is 1. The van der Waals surface area contributed by atoms with Gasteiger partial charge in [-0.25, -0.2) is 9.78 Å². The first-order chi connectivity index (χ1) is 13.1. The van der Waals surface area contributed by atoms with Crippen LogP contribution in [0.5, 0.6) is 0 Å². The summed E-state index contributed by atoms with van der Waals surface area (Å²) in [5, 5.41) is 21.9. The van der Waals surface area contributed by atoms with Crippen molar-refractivity contribution in [3.05, 3.63) is 70.3 Å². The third-order valence-electron chi connectivity index (χ3n) is 3.87. The van der Waals surface area contributed by atoms with Gasteiger partial charge < -0.3 is 10.4 Å². The first-order valence-electron chi connectivity index (χ1n) is 7.98. The lowest BCUT2D eigenvalue weighted by molar-refractivity contribution is 0.0691. The van der Waals surface area contributed by atoms with E-state index in [0.717, 1.165) is 5.56 Å². The molecular weight excluding hydrogens is 366 g/mol. The second kappa shape index (κ2) is 6.96. The molecule has 8 nitrogen and oxygen atoms in total. The lowest BCUT2D eigenvalue weighted by atomic mass is 10.2. The van der Waals surface area contributed by atoms with Crippen LogP contribution in [0.4, 0.5) is 0 Å². The Morgan fingerprint density at radius 1 is 1.11 bits per heavy atom. The summed E-state index contributed by atoms with van der Waals surface area (Å²) < 4.78 is 1.76. The van der Waals surface area contributed by atoms with Crippen LogP contribution in [0.3, 0.4) is 0 Å². The number of carboxylic acids is 1. The maximum absolute atomic E-state index is 12.5. The second-order valence-corrected chi connectivity index (χ2v) is 6.59. The zero-order valence-electron chi connectivity index (χ0n) is 13.9. The van der Waals surface area contributed by atoms with Crippen LogP contribution in [0, 0.1) is 0 Å². The molecule has 4 rings (SSSR count). The Morgan fingerprint density at radius 3 is 2.67 bits per heavy atom. The predicted molar refractivity (Wildman–Crippen MR) is 98.7 cm³/mol. The van der Waals surface area contributed by atoms with Crippen LogP contribution in [0.15, 0.2) is 54.0 Å². The van der Waals surface area contributed by atoms with E-state index in [2.05, 4.69) is 20.5 Å². The Balaban J connectivity index is 1.56. The quantitative estimate of drug-likeness (QED) is 0.551. The Kier molecular flexibility index (Phi) is 4.35. The minimum atomic E-state index is -1.09. The fraction of sp³-hybridized carbons (Fsp3) is 0.0556. The highest BCUT2D eigenvalue weighted by Crippen LogP contribution is 2.18. The molecule has 3 aromatic heterocycles. The van der Waals surface area contributed by atoms with Crippen molar-refractivity contribution < 1.29 is 14.7 Å². The van der Waals surface area contributed by atoms with Crippen molar-refractivity contribution in [3.63, 3.8) is 0 Å². The van der Waals surface area contributed by atoms with E-state index >= 15 is 0 Å². The van der Waals surface area contributed by atoms with Crippen LogP contribution in [-0.4, -0.2) is 36.6 Å². The summed E-state index contributed by atoms with van der Waals surface area (Å²) in [6.45, 7) is 0.155. The molecule has 0 unspecified atom stereocenters. The summed E-state index contributed by atoms with van der Waals surface area (Å²) >= 11 is 1.19. The summed E-state index contributed by atoms with van der Waals surface area (Å²) in [4.78, 5) is 27.3. The molecule has 0 atom stereocenters. The maximum Gasteiger partial charge on any atom is 0.355 e. The number of nitrogens with one attached hydrogen (secondary N) is 1. The van der Waals surface area contributed by atoms with Crippen molar-refractivity contribution in [3.8, 4) is 11.4 Å². The molecule has 0 saturated heterocycles. The lowest BCUT2D eigenvalue weighted by Crippen LogP contribution is -2.23. The number of carbonyl (C=O) groups is 2. The summed E-state index contributed by atoms with van der Waals surface area (Å²) in [7, 11) is 0. The first-order valence-corrected chi connectivity index (χ1v) is 8.86. The van der Waals surface area contributed by atoms with E-state index in [0.29, 0.717) is 22.0 Å². The number of carboxylic acid groups (broad SMARTS) is 1. The van der Waals surface area contributed by atoms with E-state index in [1.807, 2.05) is 30.3 Å². The van der Waals surface area contributed by atoms with Gasteiger partial charge in [-0.05, 0) is 12.1 Å². The van der Waals surface area contributed by atoms with Gasteiger partial charge in [0.15, 0.2) is 17.2 Å². The Hall–Kier alpha value is -3.59. The fourth-order valence-electron chi connectivity index (χ4n) is 2.56. The second-order valence-electron chi connectivity index (χ2n) is 5.65. The minimum Gasteiger partial charge on any atom is -0.476 e. The number of hydrogen-bond acceptors (Lipinski definition) is 6. The third-order valence-corrected chi connectivity index (χ3v) is 4.72. The van der Waals surface area contributed by atoms with Gasteiger partial charge in [-0.3, -0.25) is 9.20 Å². The molecule has 0 aliphatic rings. The van der Waals surface area contributed by atoms with Crippen LogP contribution in [0.1, 0.15) is 25.9 Å². The number of rotatable bonds is 5. The maximum atomic E-state index is 12.5. The molecule has 27 heavy (non-hydrogen) atoms. The number of fused-ring (bicyclic) bond motifs is 1. The number of aromatic carboxylic acids is 1. The van der Waals surface area contributed by atoms with Gasteiger partial charge in [0.25, 0.3) is 5.91 Å². The highest BCUT2D eigenvalue weighted by Gasteiger charge is 2.13. The molecule has 134 valence electrons. The van der Waals surface area contributed by atoms with E-state index in [4.69, 9.17) is 5.11 Å². The molecule has 4 aromatic rings. The Bertz CT molecular complexity index is 1140. The number of carbonyl (C=O) groups excluding carboxylic acids is 1. The van der Waals surface area contributed by atoms with Crippen molar-refractivity contribution in [1.82, 2.24) is 24.9 Å². The molecule has 0 aliphatic heterocycles. The van der Waals surface area contributed by atoms with Gasteiger partial charge in [-0.15, -0.1) is 21.5 Å². The Morgan fingerprint density at radius 2 is 1.93 bits per heavy atom. The van der Waals surface area contributed by atoms with Crippen molar-refractivity contribution in [2.75, 3.05) is 0 Å². The van der Waals surface area contributed by atoms with E-state index in [1.54, 1.807) is 22.7 Å². The molecular formula is C18H13N5O3S. The number of nitrogens with zero attached hydrogens (tertiary/aromatic N) is 4. The molecule has 0 spiro atoms. The number of thiazole rings is 1. The van der Waals surface area contributed by atoms with Crippen molar-refractivity contribution >= 4 is 28.9 Å². The summed E-state index contributed by atoms with van der Waals surface area (Å²) in [6.07, 6.45) is 1.68. The van der Waals surface area contributed by atoms with Crippen molar-refractivity contribution in [2.24, 2.45) is 0 Å². The van der Waals surface area contributed by atoms with Crippen molar-refractivity contribution in [2.45, 2.75) is 6.54 Å². The van der Waals surface area contributed by atoms with Crippen LogP contribution < -0.4 is 5.32 Å². The molecule has 9 heteroatoms. The van der Waals surface area contributed by atoms with Gasteiger partial charge in [0, 0.05) is 17.1 Å². The van der Waals surface area contributed by atoms with E-state index < -0.39 is 5.97 Å². The first kappa shape index (κ1) is 16.9. The molecule has 0 radical (unpaired) electrons. The Labute approximate surface area is 157 Å². The normalized spacial score (nSPS) is 10.8. The van der Waals surface area contributed by atoms with Crippen LogP contribution in [0.2, 0.25) is 0 Å². The highest BCUT2D eigenvalue weighted by atomic mass is 32.1. The number of hydrogen-bond donors (Lipinski definition) is 2. The summed E-state index contributed by atoms with van der Waals surface area (Å²) in [5.41, 5.74) is 1.94. The standard InChI is InChI=1S/C18H13N5O3S/c24-17(19-8-15-20-13(10-27-15)18(25)26)12-6-7-14-21-22-16(23(14)9-12)11-4-2-1-3-5-11/h1-7,9-10H,8H2,(H,19,24)(H,25,26). The predicted octanol–water partition coefficient (Wildman–Crippen LogP) is 2.48. The topological polar surface area (TPSA) is 109 Å². The van der Waals surface area contributed by atoms with Gasteiger partial charge in [-0.2, -0.15) is 0 Å². The van der Waals surface area contributed by atoms with Crippen LogP contribution >= 0.6 is 11.3 Å². The van der Waals surface area contributed by atoms with Gasteiger partial charge in [-0.1, -0.05) is 30.3 Å². The van der Waals surface area contributed by atoms with Crippen LogP contribution in [-0.2, 0) is 6.54 Å². The summed E-state index contributed by atoms with van der Waals surface area (Å²) in [6, 6.07) is 13.0. The van der Waals surface area contributed by atoms with Gasteiger partial charge >= 0.3 is 5.97 Å².